The quantitative estimate of drug-likeness (QED) is 0.236. The SMILES string of the molecule is C1=Cc2oc3ccc(-c4ccc5c(c4)c4ccccc4n5-c4cccc5c4oc4ccccc45)cc3c2CC1. The molecule has 0 spiro atoms. The molecule has 3 aromatic heterocycles. The van der Waals surface area contributed by atoms with Crippen molar-refractivity contribution in [3.05, 3.63) is 121 Å². The maximum atomic E-state index is 6.44. The summed E-state index contributed by atoms with van der Waals surface area (Å²) in [6.45, 7) is 0. The van der Waals surface area contributed by atoms with Crippen molar-refractivity contribution >= 4 is 60.8 Å². The van der Waals surface area contributed by atoms with Gasteiger partial charge < -0.3 is 13.4 Å². The molecular weight excluding hydrogens is 478 g/mol. The van der Waals surface area contributed by atoms with Crippen LogP contribution in [0.25, 0.3) is 77.6 Å². The second-order valence-corrected chi connectivity index (χ2v) is 10.4. The Hall–Kier alpha value is -5.02. The predicted octanol–water partition coefficient (Wildman–Crippen LogP) is 10.1. The lowest BCUT2D eigenvalue weighted by Gasteiger charge is -2.09. The maximum absolute atomic E-state index is 6.44. The zero-order chi connectivity index (χ0) is 25.5. The van der Waals surface area contributed by atoms with Crippen LogP contribution in [0.5, 0.6) is 0 Å². The lowest BCUT2D eigenvalue weighted by molar-refractivity contribution is 0.595. The summed E-state index contributed by atoms with van der Waals surface area (Å²) < 4.78 is 14.9. The smallest absolute Gasteiger partial charge is 0.159 e. The van der Waals surface area contributed by atoms with Crippen molar-refractivity contribution in [3.63, 3.8) is 0 Å². The van der Waals surface area contributed by atoms with E-state index >= 15 is 0 Å². The van der Waals surface area contributed by atoms with Crippen LogP contribution in [-0.4, -0.2) is 4.57 Å². The second-order valence-electron chi connectivity index (χ2n) is 10.4. The van der Waals surface area contributed by atoms with Gasteiger partial charge in [0.1, 0.15) is 16.9 Å². The molecule has 0 aliphatic heterocycles. The van der Waals surface area contributed by atoms with E-state index in [1.165, 1.54) is 43.9 Å². The fourth-order valence-electron chi connectivity index (χ4n) is 6.48. The Bertz CT molecular complexity index is 2290. The van der Waals surface area contributed by atoms with Gasteiger partial charge in [-0.1, -0.05) is 66.7 Å². The van der Waals surface area contributed by atoms with Crippen molar-refractivity contribution < 1.29 is 8.83 Å². The summed E-state index contributed by atoms with van der Waals surface area (Å²) in [6.07, 6.45) is 6.40. The number of hydrogen-bond donors (Lipinski definition) is 0. The number of rotatable bonds is 2. The third-order valence-corrected chi connectivity index (χ3v) is 8.28. The van der Waals surface area contributed by atoms with Crippen molar-refractivity contribution in [3.8, 4) is 16.8 Å². The van der Waals surface area contributed by atoms with E-state index in [0.29, 0.717) is 0 Å². The van der Waals surface area contributed by atoms with Crippen LogP contribution in [0.1, 0.15) is 17.7 Å². The van der Waals surface area contributed by atoms with E-state index in [9.17, 15) is 0 Å². The number of allylic oxidation sites excluding steroid dienone is 1. The first kappa shape index (κ1) is 21.0. The monoisotopic (exact) mass is 501 g/mol. The highest BCUT2D eigenvalue weighted by Gasteiger charge is 2.19. The molecule has 5 aromatic carbocycles. The van der Waals surface area contributed by atoms with Crippen molar-refractivity contribution in [2.45, 2.75) is 12.8 Å². The van der Waals surface area contributed by atoms with Gasteiger partial charge in [-0.2, -0.15) is 0 Å². The molecule has 0 radical (unpaired) electrons. The molecule has 39 heavy (non-hydrogen) atoms. The average molecular weight is 502 g/mol. The molecule has 0 unspecified atom stereocenters. The van der Waals surface area contributed by atoms with Crippen LogP contribution < -0.4 is 0 Å². The Morgan fingerprint density at radius 3 is 2.26 bits per heavy atom. The van der Waals surface area contributed by atoms with E-state index in [0.717, 1.165) is 51.8 Å². The Morgan fingerprint density at radius 1 is 0.564 bits per heavy atom. The van der Waals surface area contributed by atoms with Gasteiger partial charge in [0, 0.05) is 32.5 Å². The molecule has 9 rings (SSSR count). The van der Waals surface area contributed by atoms with E-state index < -0.39 is 0 Å². The van der Waals surface area contributed by atoms with Gasteiger partial charge in [-0.3, -0.25) is 0 Å². The van der Waals surface area contributed by atoms with Gasteiger partial charge >= 0.3 is 0 Å². The molecule has 0 saturated carbocycles. The summed E-state index contributed by atoms with van der Waals surface area (Å²) in [5, 5.41) is 5.97. The van der Waals surface area contributed by atoms with Gasteiger partial charge in [0.2, 0.25) is 0 Å². The number of furan rings is 2. The molecule has 0 amide bonds. The van der Waals surface area contributed by atoms with E-state index in [-0.39, 0.29) is 0 Å². The lowest BCUT2D eigenvalue weighted by Crippen LogP contribution is -1.94. The highest BCUT2D eigenvalue weighted by atomic mass is 16.3. The minimum absolute atomic E-state index is 0.912. The van der Waals surface area contributed by atoms with Crippen LogP contribution in [0, 0.1) is 0 Å². The largest absolute Gasteiger partial charge is 0.456 e. The number of para-hydroxylation sites is 3. The van der Waals surface area contributed by atoms with Gasteiger partial charge in [0.15, 0.2) is 5.58 Å². The Kier molecular flexibility index (Phi) is 4.17. The lowest BCUT2D eigenvalue weighted by atomic mass is 9.97. The molecule has 8 aromatic rings. The van der Waals surface area contributed by atoms with E-state index in [1.54, 1.807) is 0 Å². The highest BCUT2D eigenvalue weighted by molar-refractivity contribution is 6.13. The summed E-state index contributed by atoms with van der Waals surface area (Å²) in [5.41, 5.74) is 9.92. The number of benzene rings is 5. The second kappa shape index (κ2) is 7.75. The molecule has 1 aliphatic rings. The molecule has 184 valence electrons. The topological polar surface area (TPSA) is 31.2 Å². The van der Waals surface area contributed by atoms with Crippen LogP contribution in [-0.2, 0) is 6.42 Å². The fourth-order valence-corrected chi connectivity index (χ4v) is 6.48. The van der Waals surface area contributed by atoms with Crippen molar-refractivity contribution in [1.29, 1.82) is 0 Å². The van der Waals surface area contributed by atoms with E-state index in [2.05, 4.69) is 108 Å². The molecule has 3 heterocycles. The standard InChI is InChI=1S/C36H23NO2/c1-4-12-30-24(8-1)28-20-22(23-17-19-35-29(21-23)26-10-3-5-14-33(26)38-35)16-18-31(28)37(30)32-13-7-11-27-25-9-2-6-15-34(25)39-36(27)32/h1-2,4-9,11-21H,3,10H2. The van der Waals surface area contributed by atoms with Crippen LogP contribution >= 0.6 is 0 Å². The first-order chi connectivity index (χ1) is 19.3. The third kappa shape index (κ3) is 2.93. The van der Waals surface area contributed by atoms with Crippen LogP contribution in [0.4, 0.5) is 0 Å². The van der Waals surface area contributed by atoms with Crippen molar-refractivity contribution in [1.82, 2.24) is 4.57 Å². The first-order valence-electron chi connectivity index (χ1n) is 13.5. The van der Waals surface area contributed by atoms with Gasteiger partial charge in [0.05, 0.1) is 16.7 Å². The minimum Gasteiger partial charge on any atom is -0.456 e. The summed E-state index contributed by atoms with van der Waals surface area (Å²) >= 11 is 0. The normalized spacial score (nSPS) is 13.3. The van der Waals surface area contributed by atoms with Crippen LogP contribution in [0.3, 0.4) is 0 Å². The van der Waals surface area contributed by atoms with Crippen molar-refractivity contribution in [2.75, 3.05) is 0 Å². The van der Waals surface area contributed by atoms with Gasteiger partial charge in [-0.15, -0.1) is 0 Å². The number of nitrogens with zero attached hydrogens (tertiary/aromatic N) is 1. The Balaban J connectivity index is 1.29. The van der Waals surface area contributed by atoms with Gasteiger partial charge in [-0.05, 0) is 72.5 Å². The first-order valence-corrected chi connectivity index (χ1v) is 13.5. The number of fused-ring (bicyclic) bond motifs is 9. The number of aromatic nitrogens is 1. The Morgan fingerprint density at radius 2 is 1.31 bits per heavy atom. The predicted molar refractivity (Wildman–Crippen MR) is 161 cm³/mol. The van der Waals surface area contributed by atoms with E-state index in [4.69, 9.17) is 8.83 Å². The molecule has 3 heteroatoms. The zero-order valence-corrected chi connectivity index (χ0v) is 21.1. The summed E-state index contributed by atoms with van der Waals surface area (Å²) in [6, 6.07) is 36.8. The molecule has 0 N–H and O–H groups in total. The third-order valence-electron chi connectivity index (χ3n) is 8.28. The summed E-state index contributed by atoms with van der Waals surface area (Å²) in [7, 11) is 0. The molecule has 0 atom stereocenters. The summed E-state index contributed by atoms with van der Waals surface area (Å²) in [4.78, 5) is 0. The number of hydrogen-bond acceptors (Lipinski definition) is 2. The molecule has 0 saturated heterocycles. The fraction of sp³-hybridized carbons (Fsp3) is 0.0556. The molecular formula is C36H23NO2. The van der Waals surface area contributed by atoms with Gasteiger partial charge in [-0.25, -0.2) is 0 Å². The Labute approximate surface area is 224 Å². The molecule has 1 aliphatic carbocycles. The molecule has 0 bridgehead atoms. The zero-order valence-electron chi connectivity index (χ0n) is 21.1. The highest BCUT2D eigenvalue weighted by Crippen LogP contribution is 2.40. The van der Waals surface area contributed by atoms with E-state index in [1.807, 2.05) is 12.1 Å². The van der Waals surface area contributed by atoms with Gasteiger partial charge in [0.25, 0.3) is 0 Å². The minimum atomic E-state index is 0.912. The molecule has 0 fully saturated rings. The average Bonchev–Trinajstić information content (AvgIpc) is 3.66. The van der Waals surface area contributed by atoms with Crippen LogP contribution in [0.2, 0.25) is 0 Å². The van der Waals surface area contributed by atoms with Crippen LogP contribution in [0.15, 0.2) is 118 Å². The number of aryl methyl sites for hydroxylation is 1. The summed E-state index contributed by atoms with van der Waals surface area (Å²) in [5.74, 6) is 1.01. The maximum Gasteiger partial charge on any atom is 0.159 e. The molecule has 3 nitrogen and oxygen atoms in total. The van der Waals surface area contributed by atoms with Crippen molar-refractivity contribution in [2.24, 2.45) is 0 Å².